The predicted octanol–water partition coefficient (Wildman–Crippen LogP) is 2.74. The summed E-state index contributed by atoms with van der Waals surface area (Å²) in [7, 11) is 0. The van der Waals surface area contributed by atoms with Crippen LogP contribution >= 0.6 is 0 Å². The normalized spacial score (nSPS) is 9.80. The van der Waals surface area contributed by atoms with E-state index in [1.54, 1.807) is 26.0 Å². The molecule has 4 heteroatoms. The van der Waals surface area contributed by atoms with Gasteiger partial charge in [-0.25, -0.2) is 0 Å². The summed E-state index contributed by atoms with van der Waals surface area (Å²) in [6.45, 7) is 7.41. The molecule has 1 amide bonds. The van der Waals surface area contributed by atoms with Gasteiger partial charge in [-0.15, -0.1) is 0 Å². The van der Waals surface area contributed by atoms with E-state index in [4.69, 9.17) is 0 Å². The van der Waals surface area contributed by atoms with Crippen molar-refractivity contribution in [1.29, 1.82) is 0 Å². The van der Waals surface area contributed by atoms with Crippen LogP contribution < -0.4 is 5.32 Å². The number of aryl methyl sites for hydroxylation is 2. The maximum absolute atomic E-state index is 11.7. The van der Waals surface area contributed by atoms with E-state index < -0.39 is 18.1 Å². The summed E-state index contributed by atoms with van der Waals surface area (Å²) in [5.74, 6) is -1.85. The number of hydrogen-bond acceptors (Lipinski definition) is 3. The average Bonchev–Trinajstić information content (AvgIpc) is 2.32. The van der Waals surface area contributed by atoms with E-state index in [2.05, 4.69) is 5.32 Å². The highest BCUT2D eigenvalue weighted by Crippen LogP contribution is 2.14. The first-order chi connectivity index (χ1) is 9.29. The number of hydrogen-bond donors (Lipinski definition) is 1. The molecule has 0 heterocycles. The van der Waals surface area contributed by atoms with Crippen LogP contribution in [-0.4, -0.2) is 17.5 Å². The van der Waals surface area contributed by atoms with Crippen LogP contribution in [0.1, 0.15) is 31.4 Å². The Morgan fingerprint density at radius 2 is 1.75 bits per heavy atom. The molecule has 1 N–H and O–H groups in total. The quantitative estimate of drug-likeness (QED) is 0.509. The molecule has 20 heavy (non-hydrogen) atoms. The van der Waals surface area contributed by atoms with Gasteiger partial charge in [-0.05, 0) is 57.0 Å². The van der Waals surface area contributed by atoms with Gasteiger partial charge in [0.2, 0.25) is 5.78 Å². The molecule has 0 aliphatic heterocycles. The molecule has 0 bridgehead atoms. The molecule has 0 saturated carbocycles. The number of carbonyl (C=O) groups excluding carboxylic acids is 3. The number of allylic oxidation sites excluding steroid dienone is 2. The van der Waals surface area contributed by atoms with Gasteiger partial charge >= 0.3 is 0 Å². The number of benzene rings is 1. The summed E-state index contributed by atoms with van der Waals surface area (Å²) >= 11 is 0. The maximum atomic E-state index is 11.7. The first-order valence-electron chi connectivity index (χ1n) is 6.38. The summed E-state index contributed by atoms with van der Waals surface area (Å²) in [4.78, 5) is 34.8. The highest BCUT2D eigenvalue weighted by atomic mass is 16.2. The Bertz CT molecular complexity index is 581. The lowest BCUT2D eigenvalue weighted by molar-refractivity contribution is -0.136. The van der Waals surface area contributed by atoms with Crippen LogP contribution in [0.5, 0.6) is 0 Å². The van der Waals surface area contributed by atoms with Crippen molar-refractivity contribution >= 4 is 23.2 Å². The lowest BCUT2D eigenvalue weighted by Crippen LogP contribution is -2.24. The zero-order chi connectivity index (χ0) is 15.3. The molecule has 1 aromatic rings. The van der Waals surface area contributed by atoms with E-state index in [-0.39, 0.29) is 5.78 Å². The van der Waals surface area contributed by atoms with Crippen LogP contribution in [0.2, 0.25) is 0 Å². The number of Topliss-reactive ketones (excluding diaryl/α,β-unsaturated/α-hetero) is 1. The summed E-state index contributed by atoms with van der Waals surface area (Å²) in [5, 5.41) is 2.51. The van der Waals surface area contributed by atoms with E-state index in [1.165, 1.54) is 6.08 Å². The molecule has 0 unspecified atom stereocenters. The molecule has 1 aromatic carbocycles. The van der Waals surface area contributed by atoms with E-state index in [9.17, 15) is 14.4 Å². The van der Waals surface area contributed by atoms with Crippen LogP contribution in [0.3, 0.4) is 0 Å². The van der Waals surface area contributed by atoms with Gasteiger partial charge in [0.15, 0.2) is 5.78 Å². The highest BCUT2D eigenvalue weighted by molar-refractivity contribution is 6.43. The fourth-order valence-electron chi connectivity index (χ4n) is 1.63. The van der Waals surface area contributed by atoms with Gasteiger partial charge in [-0.2, -0.15) is 0 Å². The molecule has 106 valence electrons. The Morgan fingerprint density at radius 1 is 1.10 bits per heavy atom. The number of nitrogens with one attached hydrogen (secondary N) is 1. The van der Waals surface area contributed by atoms with Gasteiger partial charge in [0.1, 0.15) is 0 Å². The Kier molecular flexibility index (Phi) is 5.38. The minimum Gasteiger partial charge on any atom is -0.319 e. The van der Waals surface area contributed by atoms with Gasteiger partial charge in [0.25, 0.3) is 5.91 Å². The summed E-state index contributed by atoms with van der Waals surface area (Å²) in [5.41, 5.74) is 3.49. The smallest absolute Gasteiger partial charge is 0.292 e. The zero-order valence-electron chi connectivity index (χ0n) is 12.2. The van der Waals surface area contributed by atoms with E-state index in [0.717, 1.165) is 16.7 Å². The molecule has 1 rings (SSSR count). The zero-order valence-corrected chi connectivity index (χ0v) is 12.2. The molecule has 0 aliphatic carbocycles. The van der Waals surface area contributed by atoms with Crippen molar-refractivity contribution in [2.24, 2.45) is 0 Å². The number of ketones is 2. The second-order valence-corrected chi connectivity index (χ2v) is 5.04. The molecule has 0 radical (unpaired) electrons. The molecular weight excluding hydrogens is 254 g/mol. The van der Waals surface area contributed by atoms with Crippen molar-refractivity contribution in [2.45, 2.75) is 34.1 Å². The van der Waals surface area contributed by atoms with Gasteiger partial charge < -0.3 is 5.32 Å². The van der Waals surface area contributed by atoms with E-state index in [1.807, 2.05) is 19.9 Å². The topological polar surface area (TPSA) is 63.2 Å². The third kappa shape index (κ3) is 4.80. The maximum Gasteiger partial charge on any atom is 0.292 e. The van der Waals surface area contributed by atoms with E-state index >= 15 is 0 Å². The third-order valence-electron chi connectivity index (χ3n) is 2.80. The first-order valence-corrected chi connectivity index (χ1v) is 6.38. The lowest BCUT2D eigenvalue weighted by atomic mass is 10.1. The minimum atomic E-state index is -0.760. The molecule has 0 atom stereocenters. The fourth-order valence-corrected chi connectivity index (χ4v) is 1.63. The molecule has 0 saturated heterocycles. The van der Waals surface area contributed by atoms with Gasteiger partial charge in [-0.3, -0.25) is 14.4 Å². The van der Waals surface area contributed by atoms with Crippen molar-refractivity contribution in [1.82, 2.24) is 0 Å². The molecular formula is C16H19NO3. The molecule has 0 aromatic heterocycles. The van der Waals surface area contributed by atoms with Crippen LogP contribution in [0, 0.1) is 13.8 Å². The number of anilines is 1. The number of rotatable bonds is 5. The van der Waals surface area contributed by atoms with Crippen LogP contribution in [0.15, 0.2) is 29.8 Å². The highest BCUT2D eigenvalue weighted by Gasteiger charge is 2.16. The minimum absolute atomic E-state index is 0.356. The van der Waals surface area contributed by atoms with Crippen LogP contribution in [0.25, 0.3) is 0 Å². The first kappa shape index (κ1) is 15.8. The summed E-state index contributed by atoms with van der Waals surface area (Å²) in [6.07, 6.45) is 0.961. The van der Waals surface area contributed by atoms with Crippen molar-refractivity contribution in [3.05, 3.63) is 41.0 Å². The lowest BCUT2D eigenvalue weighted by Gasteiger charge is -2.06. The Hall–Kier alpha value is -2.23. The predicted molar refractivity (Wildman–Crippen MR) is 78.6 cm³/mol. The standard InChI is InChI=1S/C16H19NO3/c1-10(2)7-14(18)9-15(19)16(20)17-13-6-5-11(3)12(4)8-13/h5-8H,9H2,1-4H3,(H,17,20). The van der Waals surface area contributed by atoms with Crippen LogP contribution in [0.4, 0.5) is 5.69 Å². The summed E-state index contributed by atoms with van der Waals surface area (Å²) in [6, 6.07) is 5.38. The third-order valence-corrected chi connectivity index (χ3v) is 2.80. The molecule has 4 nitrogen and oxygen atoms in total. The van der Waals surface area contributed by atoms with Crippen molar-refractivity contribution in [3.63, 3.8) is 0 Å². The molecule has 0 spiro atoms. The molecule has 0 fully saturated rings. The van der Waals surface area contributed by atoms with Gasteiger partial charge in [0.05, 0.1) is 6.42 Å². The Labute approximate surface area is 118 Å². The Morgan fingerprint density at radius 3 is 2.30 bits per heavy atom. The fraction of sp³-hybridized carbons (Fsp3) is 0.312. The van der Waals surface area contributed by atoms with Crippen LogP contribution in [-0.2, 0) is 14.4 Å². The SMILES string of the molecule is CC(C)=CC(=O)CC(=O)C(=O)Nc1ccc(C)c(C)c1. The van der Waals surface area contributed by atoms with Gasteiger partial charge in [-0.1, -0.05) is 11.6 Å². The molecule has 0 aliphatic rings. The summed E-state index contributed by atoms with van der Waals surface area (Å²) < 4.78 is 0. The monoisotopic (exact) mass is 273 g/mol. The van der Waals surface area contributed by atoms with E-state index in [0.29, 0.717) is 5.69 Å². The second-order valence-electron chi connectivity index (χ2n) is 5.04. The van der Waals surface area contributed by atoms with Gasteiger partial charge in [0, 0.05) is 5.69 Å². The van der Waals surface area contributed by atoms with Crippen molar-refractivity contribution in [2.75, 3.05) is 5.32 Å². The van der Waals surface area contributed by atoms with Crippen molar-refractivity contribution in [3.8, 4) is 0 Å². The largest absolute Gasteiger partial charge is 0.319 e. The number of carbonyl (C=O) groups is 3. The average molecular weight is 273 g/mol. The van der Waals surface area contributed by atoms with Crippen molar-refractivity contribution < 1.29 is 14.4 Å². The Balaban J connectivity index is 2.66. The number of amides is 1. The second kappa shape index (κ2) is 6.80.